The summed E-state index contributed by atoms with van der Waals surface area (Å²) in [5.74, 6) is -0.0446. The van der Waals surface area contributed by atoms with Crippen molar-refractivity contribution in [1.29, 1.82) is 0 Å². The Bertz CT molecular complexity index is 928. The number of rotatable bonds is 5. The number of methoxy groups -OCH3 is 1. The number of aryl methyl sites for hydroxylation is 2. The molecule has 0 N–H and O–H groups in total. The van der Waals surface area contributed by atoms with Crippen LogP contribution in [0.25, 0.3) is 11.1 Å². The fourth-order valence-corrected chi connectivity index (χ4v) is 3.13. The van der Waals surface area contributed by atoms with Crippen molar-refractivity contribution in [2.75, 3.05) is 7.11 Å². The van der Waals surface area contributed by atoms with E-state index in [1.54, 1.807) is 7.11 Å². The van der Waals surface area contributed by atoms with Crippen molar-refractivity contribution in [1.82, 2.24) is 0 Å². The largest absolute Gasteiger partial charge is 0.366 e. The molecule has 0 saturated carbocycles. The molecule has 3 aromatic rings. The molecule has 1 atom stereocenters. The molecular formula is C24H24O2. The van der Waals surface area contributed by atoms with Crippen molar-refractivity contribution in [3.8, 4) is 11.1 Å². The van der Waals surface area contributed by atoms with E-state index in [4.69, 9.17) is 4.74 Å². The summed E-state index contributed by atoms with van der Waals surface area (Å²) in [4.78, 5) is 13.3. The van der Waals surface area contributed by atoms with Crippen molar-refractivity contribution in [3.63, 3.8) is 0 Å². The van der Waals surface area contributed by atoms with E-state index in [2.05, 4.69) is 32.0 Å². The SMILES string of the molecule is COC(C)(C(=O)c1cccc(-c2ccc(C)c(C)c2)c1)c1ccccc1. The summed E-state index contributed by atoms with van der Waals surface area (Å²) in [5.41, 5.74) is 5.13. The van der Waals surface area contributed by atoms with Crippen LogP contribution in [0, 0.1) is 13.8 Å². The van der Waals surface area contributed by atoms with Crippen molar-refractivity contribution in [2.24, 2.45) is 0 Å². The van der Waals surface area contributed by atoms with Crippen molar-refractivity contribution >= 4 is 5.78 Å². The molecule has 3 aromatic carbocycles. The molecule has 0 bridgehead atoms. The minimum absolute atomic E-state index is 0.0446. The molecule has 26 heavy (non-hydrogen) atoms. The van der Waals surface area contributed by atoms with Gasteiger partial charge in [-0.05, 0) is 54.7 Å². The lowest BCUT2D eigenvalue weighted by atomic mass is 9.86. The molecule has 0 fully saturated rings. The highest BCUT2D eigenvalue weighted by molar-refractivity contribution is 6.03. The topological polar surface area (TPSA) is 26.3 Å². The number of ether oxygens (including phenoxy) is 1. The molecular weight excluding hydrogens is 320 g/mol. The molecule has 2 nitrogen and oxygen atoms in total. The minimum atomic E-state index is -1.01. The normalized spacial score (nSPS) is 13.2. The molecule has 0 aromatic heterocycles. The molecule has 132 valence electrons. The van der Waals surface area contributed by atoms with Crippen LogP contribution in [0.3, 0.4) is 0 Å². The monoisotopic (exact) mass is 344 g/mol. The molecule has 0 heterocycles. The second kappa shape index (κ2) is 7.27. The Hall–Kier alpha value is -2.71. The quantitative estimate of drug-likeness (QED) is 0.554. The smallest absolute Gasteiger partial charge is 0.198 e. The number of carbonyl (C=O) groups excluding carboxylic acids is 1. The second-order valence-corrected chi connectivity index (χ2v) is 6.81. The molecule has 1 unspecified atom stereocenters. The maximum absolute atomic E-state index is 13.3. The van der Waals surface area contributed by atoms with Crippen molar-refractivity contribution in [3.05, 3.63) is 95.1 Å². The molecule has 0 aliphatic heterocycles. The van der Waals surface area contributed by atoms with Gasteiger partial charge >= 0.3 is 0 Å². The van der Waals surface area contributed by atoms with E-state index in [1.807, 2.05) is 61.5 Å². The van der Waals surface area contributed by atoms with Crippen molar-refractivity contribution < 1.29 is 9.53 Å². The van der Waals surface area contributed by atoms with Crippen LogP contribution in [0.4, 0.5) is 0 Å². The lowest BCUT2D eigenvalue weighted by Crippen LogP contribution is -2.34. The second-order valence-electron chi connectivity index (χ2n) is 6.81. The van der Waals surface area contributed by atoms with Crippen LogP contribution in [0.5, 0.6) is 0 Å². The molecule has 0 radical (unpaired) electrons. The Morgan fingerprint density at radius 3 is 2.15 bits per heavy atom. The Morgan fingerprint density at radius 1 is 0.808 bits per heavy atom. The van der Waals surface area contributed by atoms with Gasteiger partial charge in [0.05, 0.1) is 0 Å². The van der Waals surface area contributed by atoms with E-state index in [-0.39, 0.29) is 5.78 Å². The number of Topliss-reactive ketones (excluding diaryl/α,β-unsaturated/α-hetero) is 1. The zero-order chi connectivity index (χ0) is 18.7. The molecule has 0 amide bonds. The summed E-state index contributed by atoms with van der Waals surface area (Å²) < 4.78 is 5.67. The standard InChI is InChI=1S/C24H24O2/c1-17-13-14-20(15-18(17)2)19-9-8-10-21(16-19)23(25)24(3,26-4)22-11-6-5-7-12-22/h5-16H,1-4H3. The first-order valence-electron chi connectivity index (χ1n) is 8.79. The Kier molecular flexibility index (Phi) is 5.06. The lowest BCUT2D eigenvalue weighted by Gasteiger charge is -2.27. The van der Waals surface area contributed by atoms with Gasteiger partial charge in [0.25, 0.3) is 0 Å². The summed E-state index contributed by atoms with van der Waals surface area (Å²) in [6, 6.07) is 23.8. The zero-order valence-corrected chi connectivity index (χ0v) is 15.7. The van der Waals surface area contributed by atoms with Crippen LogP contribution in [0.2, 0.25) is 0 Å². The molecule has 2 heteroatoms. The van der Waals surface area contributed by atoms with Gasteiger partial charge in [-0.2, -0.15) is 0 Å². The summed E-state index contributed by atoms with van der Waals surface area (Å²) in [5, 5.41) is 0. The van der Waals surface area contributed by atoms with Crippen LogP contribution < -0.4 is 0 Å². The average Bonchev–Trinajstić information content (AvgIpc) is 2.69. The van der Waals surface area contributed by atoms with E-state index < -0.39 is 5.60 Å². The van der Waals surface area contributed by atoms with Gasteiger partial charge in [0.2, 0.25) is 0 Å². The first-order valence-corrected chi connectivity index (χ1v) is 8.79. The van der Waals surface area contributed by atoms with Gasteiger partial charge in [-0.25, -0.2) is 0 Å². The number of ketones is 1. The predicted molar refractivity (Wildman–Crippen MR) is 106 cm³/mol. The lowest BCUT2D eigenvalue weighted by molar-refractivity contribution is 0.0102. The van der Waals surface area contributed by atoms with Gasteiger partial charge in [-0.1, -0.05) is 66.7 Å². The molecule has 0 aliphatic carbocycles. The highest BCUT2D eigenvalue weighted by Crippen LogP contribution is 2.31. The van der Waals surface area contributed by atoms with E-state index in [1.165, 1.54) is 11.1 Å². The molecule has 3 rings (SSSR count). The summed E-state index contributed by atoms with van der Waals surface area (Å²) >= 11 is 0. The maximum atomic E-state index is 13.3. The van der Waals surface area contributed by atoms with Gasteiger partial charge in [0.1, 0.15) is 0 Å². The third kappa shape index (κ3) is 3.33. The van der Waals surface area contributed by atoms with Gasteiger partial charge in [0, 0.05) is 12.7 Å². The highest BCUT2D eigenvalue weighted by atomic mass is 16.5. The fourth-order valence-electron chi connectivity index (χ4n) is 3.13. The highest BCUT2D eigenvalue weighted by Gasteiger charge is 2.35. The minimum Gasteiger partial charge on any atom is -0.366 e. The molecule has 0 aliphatic rings. The fraction of sp³-hybridized carbons (Fsp3) is 0.208. The van der Waals surface area contributed by atoms with Crippen LogP contribution in [-0.4, -0.2) is 12.9 Å². The van der Waals surface area contributed by atoms with Gasteiger partial charge < -0.3 is 4.74 Å². The third-order valence-electron chi connectivity index (χ3n) is 5.13. The number of carbonyl (C=O) groups is 1. The summed E-state index contributed by atoms with van der Waals surface area (Å²) in [6.07, 6.45) is 0. The Balaban J connectivity index is 2.01. The van der Waals surface area contributed by atoms with E-state index in [9.17, 15) is 4.79 Å². The van der Waals surface area contributed by atoms with Crippen LogP contribution in [0.15, 0.2) is 72.8 Å². The number of hydrogen-bond acceptors (Lipinski definition) is 2. The van der Waals surface area contributed by atoms with Crippen molar-refractivity contribution in [2.45, 2.75) is 26.4 Å². The van der Waals surface area contributed by atoms with E-state index in [0.717, 1.165) is 16.7 Å². The average molecular weight is 344 g/mol. The molecule has 0 spiro atoms. The molecule has 0 saturated heterocycles. The first-order chi connectivity index (χ1) is 12.5. The first kappa shape index (κ1) is 18.1. The van der Waals surface area contributed by atoms with Gasteiger partial charge in [0.15, 0.2) is 11.4 Å². The van der Waals surface area contributed by atoms with E-state index in [0.29, 0.717) is 5.56 Å². The van der Waals surface area contributed by atoms with Crippen LogP contribution in [-0.2, 0) is 10.3 Å². The Labute approximate surface area is 155 Å². The summed E-state index contributed by atoms with van der Waals surface area (Å²) in [7, 11) is 1.58. The van der Waals surface area contributed by atoms with Crippen LogP contribution in [0.1, 0.15) is 34.0 Å². The van der Waals surface area contributed by atoms with Gasteiger partial charge in [-0.15, -0.1) is 0 Å². The predicted octanol–water partition coefficient (Wildman–Crippen LogP) is 5.71. The third-order valence-corrected chi connectivity index (χ3v) is 5.13. The van der Waals surface area contributed by atoms with Gasteiger partial charge in [-0.3, -0.25) is 4.79 Å². The number of hydrogen-bond donors (Lipinski definition) is 0. The maximum Gasteiger partial charge on any atom is 0.198 e. The Morgan fingerprint density at radius 2 is 1.50 bits per heavy atom. The summed E-state index contributed by atoms with van der Waals surface area (Å²) in [6.45, 7) is 6.03. The van der Waals surface area contributed by atoms with E-state index >= 15 is 0 Å². The zero-order valence-electron chi connectivity index (χ0n) is 15.7. The van der Waals surface area contributed by atoms with Crippen LogP contribution >= 0.6 is 0 Å². The number of benzene rings is 3.